The zero-order valence-electron chi connectivity index (χ0n) is 12.2. The number of hydrogen-bond acceptors (Lipinski definition) is 6. The van der Waals surface area contributed by atoms with Crippen LogP contribution in [0.1, 0.15) is 10.4 Å². The van der Waals surface area contributed by atoms with Crippen LogP contribution in [0.5, 0.6) is 0 Å². The second-order valence-corrected chi connectivity index (χ2v) is 6.89. The second kappa shape index (κ2) is 6.41. The summed E-state index contributed by atoms with van der Waals surface area (Å²) in [5.74, 6) is 0.226. The predicted molar refractivity (Wildman–Crippen MR) is 90.5 cm³/mol. The minimum atomic E-state index is -0.0747. The molecule has 3 aromatic rings. The van der Waals surface area contributed by atoms with Crippen LogP contribution in [-0.4, -0.2) is 26.6 Å². The van der Waals surface area contributed by atoms with Crippen molar-refractivity contribution in [2.45, 2.75) is 18.9 Å². The SMILES string of the molecule is Cc1sc2ncnc(SCC(=O)Nc3cccnc3)c2c1C. The van der Waals surface area contributed by atoms with Crippen LogP contribution in [0.3, 0.4) is 0 Å². The maximum absolute atomic E-state index is 12.0. The Kier molecular flexibility index (Phi) is 4.35. The Balaban J connectivity index is 1.73. The van der Waals surface area contributed by atoms with Gasteiger partial charge in [-0.25, -0.2) is 9.97 Å². The standard InChI is InChI=1S/C15H14N4OS2/c1-9-10(2)22-15-13(9)14(17-8-18-15)21-7-12(20)19-11-4-3-5-16-6-11/h3-6,8H,7H2,1-2H3,(H,19,20). The maximum atomic E-state index is 12.0. The molecule has 0 bridgehead atoms. The number of nitrogens with zero attached hydrogens (tertiary/aromatic N) is 3. The van der Waals surface area contributed by atoms with Gasteiger partial charge in [0.2, 0.25) is 5.91 Å². The number of carbonyl (C=O) groups is 1. The van der Waals surface area contributed by atoms with Gasteiger partial charge in [-0.15, -0.1) is 11.3 Å². The number of amides is 1. The van der Waals surface area contributed by atoms with E-state index in [-0.39, 0.29) is 5.91 Å². The van der Waals surface area contributed by atoms with E-state index in [1.807, 2.05) is 6.07 Å². The van der Waals surface area contributed by atoms with E-state index in [4.69, 9.17) is 0 Å². The number of pyridine rings is 1. The maximum Gasteiger partial charge on any atom is 0.234 e. The average Bonchev–Trinajstić information content (AvgIpc) is 2.82. The summed E-state index contributed by atoms with van der Waals surface area (Å²) >= 11 is 3.08. The molecule has 0 spiro atoms. The van der Waals surface area contributed by atoms with Crippen LogP contribution in [0.15, 0.2) is 35.9 Å². The summed E-state index contributed by atoms with van der Waals surface area (Å²) in [6, 6.07) is 3.60. The number of carbonyl (C=O) groups excluding carboxylic acids is 1. The fourth-order valence-electron chi connectivity index (χ4n) is 2.03. The van der Waals surface area contributed by atoms with E-state index in [1.165, 1.54) is 22.2 Å². The van der Waals surface area contributed by atoms with Gasteiger partial charge in [-0.05, 0) is 31.5 Å². The molecule has 112 valence electrons. The highest BCUT2D eigenvalue weighted by Crippen LogP contribution is 2.34. The number of aryl methyl sites for hydroxylation is 2. The van der Waals surface area contributed by atoms with E-state index in [0.29, 0.717) is 11.4 Å². The normalized spacial score (nSPS) is 10.8. The molecule has 0 aliphatic heterocycles. The molecule has 3 rings (SSSR count). The molecule has 3 aromatic heterocycles. The fraction of sp³-hybridized carbons (Fsp3) is 0.200. The van der Waals surface area contributed by atoms with Crippen molar-refractivity contribution in [1.82, 2.24) is 15.0 Å². The molecular weight excluding hydrogens is 316 g/mol. The summed E-state index contributed by atoms with van der Waals surface area (Å²) in [5.41, 5.74) is 1.89. The Labute approximate surface area is 136 Å². The Morgan fingerprint density at radius 3 is 3.00 bits per heavy atom. The van der Waals surface area contributed by atoms with Gasteiger partial charge in [0.05, 0.1) is 17.6 Å². The average molecular weight is 330 g/mol. The summed E-state index contributed by atoms with van der Waals surface area (Å²) in [6.45, 7) is 4.14. The first kappa shape index (κ1) is 14.9. The molecule has 22 heavy (non-hydrogen) atoms. The molecule has 1 N–H and O–H groups in total. The quantitative estimate of drug-likeness (QED) is 0.586. The number of anilines is 1. The molecule has 0 saturated carbocycles. The summed E-state index contributed by atoms with van der Waals surface area (Å²) in [5, 5.41) is 4.73. The summed E-state index contributed by atoms with van der Waals surface area (Å²) in [6.07, 6.45) is 4.85. The van der Waals surface area contributed by atoms with E-state index < -0.39 is 0 Å². The minimum Gasteiger partial charge on any atom is -0.324 e. The number of rotatable bonds is 4. The Morgan fingerprint density at radius 1 is 1.36 bits per heavy atom. The van der Waals surface area contributed by atoms with Crippen molar-refractivity contribution in [2.24, 2.45) is 0 Å². The molecule has 0 fully saturated rings. The van der Waals surface area contributed by atoms with Crippen LogP contribution < -0.4 is 5.32 Å². The fourth-order valence-corrected chi connectivity index (χ4v) is 3.94. The van der Waals surface area contributed by atoms with E-state index in [0.717, 1.165) is 15.2 Å². The van der Waals surface area contributed by atoms with E-state index in [1.54, 1.807) is 36.1 Å². The molecule has 0 atom stereocenters. The summed E-state index contributed by atoms with van der Waals surface area (Å²) < 4.78 is 0. The Morgan fingerprint density at radius 2 is 2.23 bits per heavy atom. The molecule has 0 unspecified atom stereocenters. The molecule has 0 radical (unpaired) electrons. The van der Waals surface area contributed by atoms with Crippen molar-refractivity contribution in [3.05, 3.63) is 41.3 Å². The first-order valence-electron chi connectivity index (χ1n) is 6.68. The lowest BCUT2D eigenvalue weighted by Gasteiger charge is -2.05. The van der Waals surface area contributed by atoms with E-state index >= 15 is 0 Å². The van der Waals surface area contributed by atoms with Gasteiger partial charge in [0.25, 0.3) is 0 Å². The van der Waals surface area contributed by atoms with Crippen molar-refractivity contribution in [3.8, 4) is 0 Å². The Bertz CT molecular complexity index is 817. The van der Waals surface area contributed by atoms with E-state index in [2.05, 4.69) is 34.1 Å². The third kappa shape index (κ3) is 3.10. The number of fused-ring (bicyclic) bond motifs is 1. The van der Waals surface area contributed by atoms with Crippen molar-refractivity contribution < 1.29 is 4.79 Å². The Hall–Kier alpha value is -1.99. The molecule has 0 aliphatic rings. The zero-order chi connectivity index (χ0) is 15.5. The van der Waals surface area contributed by atoms with Crippen LogP contribution in [-0.2, 0) is 4.79 Å². The van der Waals surface area contributed by atoms with Gasteiger partial charge in [0.15, 0.2) is 0 Å². The molecule has 1 amide bonds. The van der Waals surface area contributed by atoms with Gasteiger partial charge in [-0.1, -0.05) is 11.8 Å². The van der Waals surface area contributed by atoms with Gasteiger partial charge in [-0.2, -0.15) is 0 Å². The molecule has 0 aromatic carbocycles. The number of thioether (sulfide) groups is 1. The van der Waals surface area contributed by atoms with Crippen molar-refractivity contribution in [3.63, 3.8) is 0 Å². The molecular formula is C15H14N4OS2. The van der Waals surface area contributed by atoms with Crippen molar-refractivity contribution >= 4 is 44.9 Å². The van der Waals surface area contributed by atoms with Crippen molar-refractivity contribution in [2.75, 3.05) is 11.1 Å². The summed E-state index contributed by atoms with van der Waals surface area (Å²) in [4.78, 5) is 26.8. The molecule has 7 heteroatoms. The number of hydrogen-bond donors (Lipinski definition) is 1. The van der Waals surface area contributed by atoms with E-state index in [9.17, 15) is 4.79 Å². The first-order chi connectivity index (χ1) is 10.6. The van der Waals surface area contributed by atoms with Crippen molar-refractivity contribution in [1.29, 1.82) is 0 Å². The number of aromatic nitrogens is 3. The third-order valence-corrected chi connectivity index (χ3v) is 5.32. The third-order valence-electron chi connectivity index (χ3n) is 3.22. The number of nitrogens with one attached hydrogen (secondary N) is 1. The van der Waals surface area contributed by atoms with Crippen LogP contribution in [0.25, 0.3) is 10.2 Å². The highest BCUT2D eigenvalue weighted by atomic mass is 32.2. The highest BCUT2D eigenvalue weighted by molar-refractivity contribution is 8.00. The van der Waals surface area contributed by atoms with Crippen LogP contribution in [0, 0.1) is 13.8 Å². The predicted octanol–water partition coefficient (Wildman–Crippen LogP) is 3.43. The number of thiophene rings is 1. The van der Waals surface area contributed by atoms with Gasteiger partial charge in [-0.3, -0.25) is 9.78 Å². The molecule has 0 saturated heterocycles. The monoisotopic (exact) mass is 330 g/mol. The lowest BCUT2D eigenvalue weighted by Crippen LogP contribution is -2.14. The van der Waals surface area contributed by atoms with Gasteiger partial charge in [0.1, 0.15) is 16.2 Å². The summed E-state index contributed by atoms with van der Waals surface area (Å²) in [7, 11) is 0. The lowest BCUT2D eigenvalue weighted by molar-refractivity contribution is -0.113. The van der Waals surface area contributed by atoms with Gasteiger partial charge in [0, 0.05) is 16.5 Å². The zero-order valence-corrected chi connectivity index (χ0v) is 13.8. The second-order valence-electron chi connectivity index (χ2n) is 4.72. The van der Waals surface area contributed by atoms with Crippen LogP contribution in [0.2, 0.25) is 0 Å². The van der Waals surface area contributed by atoms with Gasteiger partial charge >= 0.3 is 0 Å². The molecule has 3 heterocycles. The first-order valence-corrected chi connectivity index (χ1v) is 8.48. The highest BCUT2D eigenvalue weighted by Gasteiger charge is 2.13. The van der Waals surface area contributed by atoms with Crippen LogP contribution in [0.4, 0.5) is 5.69 Å². The smallest absolute Gasteiger partial charge is 0.234 e. The topological polar surface area (TPSA) is 67.8 Å². The molecule has 5 nitrogen and oxygen atoms in total. The minimum absolute atomic E-state index is 0.0747. The largest absolute Gasteiger partial charge is 0.324 e. The van der Waals surface area contributed by atoms with Gasteiger partial charge < -0.3 is 5.32 Å². The van der Waals surface area contributed by atoms with Crippen LogP contribution >= 0.6 is 23.1 Å². The lowest BCUT2D eigenvalue weighted by atomic mass is 10.2. The molecule has 0 aliphatic carbocycles.